The molecule has 0 unspecified atom stereocenters. The number of rotatable bonds is 2. The predicted molar refractivity (Wildman–Crippen MR) is 189 cm³/mol. The zero-order valence-corrected chi connectivity index (χ0v) is 25.0. The summed E-state index contributed by atoms with van der Waals surface area (Å²) in [5, 5.41) is 8.89. The number of para-hydroxylation sites is 4. The van der Waals surface area contributed by atoms with Crippen LogP contribution in [0, 0.1) is 0 Å². The highest BCUT2D eigenvalue weighted by Gasteiger charge is 2.24. The highest BCUT2D eigenvalue weighted by atomic mass is 32.1. The van der Waals surface area contributed by atoms with Gasteiger partial charge in [0.05, 0.1) is 22.1 Å². The average molecular weight is 608 g/mol. The van der Waals surface area contributed by atoms with Crippen LogP contribution in [-0.4, -0.2) is 14.5 Å². The first kappa shape index (κ1) is 24.4. The molecule has 5 nitrogen and oxygen atoms in total. The first-order valence-electron chi connectivity index (χ1n) is 15.3. The van der Waals surface area contributed by atoms with Gasteiger partial charge in [0.2, 0.25) is 11.7 Å². The van der Waals surface area contributed by atoms with Crippen molar-refractivity contribution in [3.63, 3.8) is 0 Å². The third kappa shape index (κ3) is 3.13. The third-order valence-corrected chi connectivity index (χ3v) is 10.4. The summed E-state index contributed by atoms with van der Waals surface area (Å²) in [6.45, 7) is 0. The molecule has 0 atom stereocenters. The van der Waals surface area contributed by atoms with Crippen LogP contribution in [-0.2, 0) is 0 Å². The van der Waals surface area contributed by atoms with E-state index in [1.807, 2.05) is 47.7 Å². The first-order valence-corrected chi connectivity index (χ1v) is 16.1. The molecular weight excluding hydrogens is 587 g/mol. The van der Waals surface area contributed by atoms with Crippen molar-refractivity contribution in [2.45, 2.75) is 0 Å². The van der Waals surface area contributed by atoms with Gasteiger partial charge >= 0.3 is 0 Å². The molecule has 0 aliphatic carbocycles. The number of hydrogen-bond acceptors (Lipinski definition) is 5. The van der Waals surface area contributed by atoms with Gasteiger partial charge in [-0.2, -0.15) is 4.98 Å². The number of furan rings is 2. The Morgan fingerprint density at radius 3 is 2.09 bits per heavy atom. The highest BCUT2D eigenvalue weighted by Crippen LogP contribution is 2.45. The maximum atomic E-state index is 6.53. The Kier molecular flexibility index (Phi) is 4.66. The Bertz CT molecular complexity index is 3050. The van der Waals surface area contributed by atoms with Crippen LogP contribution in [0.2, 0.25) is 0 Å². The maximum absolute atomic E-state index is 6.53. The van der Waals surface area contributed by atoms with Crippen molar-refractivity contribution >= 4 is 97.3 Å². The van der Waals surface area contributed by atoms with Crippen molar-refractivity contribution in [1.29, 1.82) is 0 Å². The number of fused-ring (bicyclic) bond motifs is 13. The van der Waals surface area contributed by atoms with Gasteiger partial charge in [0, 0.05) is 52.7 Å². The molecule has 0 amide bonds. The second-order valence-corrected chi connectivity index (χ2v) is 12.8. The van der Waals surface area contributed by atoms with Crippen LogP contribution in [0.15, 0.2) is 136 Å². The molecule has 46 heavy (non-hydrogen) atoms. The lowest BCUT2D eigenvalue weighted by atomic mass is 10.0. The van der Waals surface area contributed by atoms with E-state index in [0.717, 1.165) is 60.6 Å². The van der Waals surface area contributed by atoms with E-state index in [9.17, 15) is 0 Å². The Labute approximate surface area is 264 Å². The molecule has 214 valence electrons. The van der Waals surface area contributed by atoms with Gasteiger partial charge in [-0.15, -0.1) is 11.3 Å². The third-order valence-electron chi connectivity index (χ3n) is 9.26. The molecule has 0 saturated heterocycles. The fraction of sp³-hybridized carbons (Fsp3) is 0. The minimum atomic E-state index is 0.544. The highest BCUT2D eigenvalue weighted by molar-refractivity contribution is 7.26. The summed E-state index contributed by atoms with van der Waals surface area (Å²) < 4.78 is 17.7. The smallest absolute Gasteiger partial charge is 0.238 e. The number of thiophene rings is 1. The van der Waals surface area contributed by atoms with E-state index in [1.54, 1.807) is 0 Å². The fourth-order valence-corrected chi connectivity index (χ4v) is 8.44. The van der Waals surface area contributed by atoms with Crippen LogP contribution >= 0.6 is 11.3 Å². The second kappa shape index (κ2) is 8.81. The molecule has 0 spiro atoms. The largest absolute Gasteiger partial charge is 0.455 e. The monoisotopic (exact) mass is 607 g/mol. The minimum absolute atomic E-state index is 0.544. The fourth-order valence-electron chi connectivity index (χ4n) is 7.33. The van der Waals surface area contributed by atoms with Crippen molar-refractivity contribution in [3.05, 3.63) is 127 Å². The summed E-state index contributed by atoms with van der Waals surface area (Å²) in [5.74, 6) is 0.555. The summed E-state index contributed by atoms with van der Waals surface area (Å²) >= 11 is 1.83. The molecule has 0 aliphatic heterocycles. The van der Waals surface area contributed by atoms with Crippen LogP contribution in [0.4, 0.5) is 0 Å². The number of aromatic nitrogens is 3. The van der Waals surface area contributed by atoms with E-state index < -0.39 is 0 Å². The van der Waals surface area contributed by atoms with E-state index in [1.165, 1.54) is 30.9 Å². The lowest BCUT2D eigenvalue weighted by molar-refractivity contribution is 0.651. The summed E-state index contributed by atoms with van der Waals surface area (Å²) in [6, 6.07) is 44.2. The van der Waals surface area contributed by atoms with E-state index in [-0.39, 0.29) is 0 Å². The molecule has 11 aromatic rings. The molecule has 5 heterocycles. The van der Waals surface area contributed by atoms with Crippen molar-refractivity contribution < 1.29 is 8.83 Å². The molecule has 0 saturated carbocycles. The van der Waals surface area contributed by atoms with Crippen molar-refractivity contribution in [2.75, 3.05) is 0 Å². The van der Waals surface area contributed by atoms with Crippen LogP contribution in [0.5, 0.6) is 0 Å². The number of benzene rings is 6. The Morgan fingerprint density at radius 1 is 0.478 bits per heavy atom. The van der Waals surface area contributed by atoms with E-state index in [4.69, 9.17) is 18.8 Å². The standard InChI is InChI=1S/C40H21N3O2S/c1-5-16-28-24(11-1)34-29(20-21-33-35(34)26-13-4-8-19-32(26)46-33)43(28)40-41-37(36-25-12-3-7-18-31(25)45-39(36)42-40)27-15-9-14-23-22-10-2-6-17-30(22)44-38(23)27/h1-21H. The average Bonchev–Trinajstić information content (AvgIpc) is 3.86. The van der Waals surface area contributed by atoms with Gasteiger partial charge in [-0.1, -0.05) is 84.9 Å². The molecule has 6 aromatic carbocycles. The molecule has 0 bridgehead atoms. The summed E-state index contributed by atoms with van der Waals surface area (Å²) in [5.41, 5.74) is 6.75. The predicted octanol–water partition coefficient (Wildman–Crippen LogP) is 11.4. The Morgan fingerprint density at radius 2 is 1.20 bits per heavy atom. The Hall–Kier alpha value is -5.98. The topological polar surface area (TPSA) is 57.0 Å². The number of hydrogen-bond donors (Lipinski definition) is 0. The normalized spacial score (nSPS) is 12.3. The van der Waals surface area contributed by atoms with Crippen LogP contribution in [0.25, 0.3) is 103 Å². The lowest BCUT2D eigenvalue weighted by Crippen LogP contribution is -2.02. The van der Waals surface area contributed by atoms with Gasteiger partial charge in [0.15, 0.2) is 0 Å². The van der Waals surface area contributed by atoms with E-state index in [0.29, 0.717) is 11.7 Å². The molecule has 6 heteroatoms. The van der Waals surface area contributed by atoms with Gasteiger partial charge in [-0.05, 0) is 42.5 Å². The van der Waals surface area contributed by atoms with Gasteiger partial charge in [0.25, 0.3) is 0 Å². The molecule has 0 aliphatic rings. The zero-order valence-electron chi connectivity index (χ0n) is 24.2. The molecule has 0 fully saturated rings. The summed E-state index contributed by atoms with van der Waals surface area (Å²) in [7, 11) is 0. The SMILES string of the molecule is c1ccc2c(c1)oc1c(-c3nc(-n4c5ccccc5c5c6c(ccc54)sc4ccccc46)nc4oc5ccccc5c34)cccc12. The minimum Gasteiger partial charge on any atom is -0.455 e. The van der Waals surface area contributed by atoms with Gasteiger partial charge in [-0.3, -0.25) is 4.57 Å². The quantitative estimate of drug-likeness (QED) is 0.196. The first-order chi connectivity index (χ1) is 22.8. The molecular formula is C40H21N3O2S. The number of nitrogens with zero attached hydrogens (tertiary/aromatic N) is 3. The molecule has 0 radical (unpaired) electrons. The summed E-state index contributed by atoms with van der Waals surface area (Å²) in [4.78, 5) is 10.6. The Balaban J connectivity index is 1.31. The van der Waals surface area contributed by atoms with Crippen LogP contribution in [0.1, 0.15) is 0 Å². The lowest BCUT2D eigenvalue weighted by Gasteiger charge is -2.10. The second-order valence-electron chi connectivity index (χ2n) is 11.7. The van der Waals surface area contributed by atoms with Gasteiger partial charge in [-0.25, -0.2) is 4.98 Å². The van der Waals surface area contributed by atoms with Crippen molar-refractivity contribution in [3.8, 4) is 17.2 Å². The van der Waals surface area contributed by atoms with Crippen molar-refractivity contribution in [1.82, 2.24) is 14.5 Å². The molecule has 5 aromatic heterocycles. The van der Waals surface area contributed by atoms with Crippen LogP contribution < -0.4 is 0 Å². The summed E-state index contributed by atoms with van der Waals surface area (Å²) in [6.07, 6.45) is 0. The maximum Gasteiger partial charge on any atom is 0.238 e. The van der Waals surface area contributed by atoms with E-state index in [2.05, 4.69) is 95.6 Å². The van der Waals surface area contributed by atoms with Gasteiger partial charge in [0.1, 0.15) is 16.7 Å². The van der Waals surface area contributed by atoms with Gasteiger partial charge < -0.3 is 8.83 Å². The zero-order chi connectivity index (χ0) is 29.9. The molecule has 11 rings (SSSR count). The van der Waals surface area contributed by atoms with Crippen LogP contribution in [0.3, 0.4) is 0 Å². The van der Waals surface area contributed by atoms with Crippen molar-refractivity contribution in [2.24, 2.45) is 0 Å². The molecule has 0 N–H and O–H groups in total. The van der Waals surface area contributed by atoms with E-state index >= 15 is 0 Å².